The number of nitrogens with zero attached hydrogens (tertiary/aromatic N) is 3. The molecule has 0 radical (unpaired) electrons. The predicted molar refractivity (Wildman–Crippen MR) is 75.8 cm³/mol. The second-order valence-electron chi connectivity index (χ2n) is 6.55. The van der Waals surface area contributed by atoms with E-state index in [1.807, 2.05) is 0 Å². The molecular formula is C15H27N3O. The Morgan fingerprint density at radius 3 is 2.58 bits per heavy atom. The molecule has 2 heterocycles. The van der Waals surface area contributed by atoms with E-state index >= 15 is 0 Å². The molecule has 2 fully saturated rings. The van der Waals surface area contributed by atoms with Gasteiger partial charge in [0.15, 0.2) is 0 Å². The highest BCUT2D eigenvalue weighted by Crippen LogP contribution is 2.29. The molecule has 0 bridgehead atoms. The quantitative estimate of drug-likeness (QED) is 0.779. The van der Waals surface area contributed by atoms with Gasteiger partial charge in [0.1, 0.15) is 0 Å². The summed E-state index contributed by atoms with van der Waals surface area (Å²) in [6, 6.07) is 3.07. The molecule has 0 amide bonds. The molecule has 2 saturated heterocycles. The Balaban J connectivity index is 1.78. The van der Waals surface area contributed by atoms with Crippen LogP contribution in [-0.4, -0.2) is 61.3 Å². The summed E-state index contributed by atoms with van der Waals surface area (Å²) in [5, 5.41) is 9.15. The van der Waals surface area contributed by atoms with Crippen LogP contribution in [0.1, 0.15) is 33.6 Å². The second kappa shape index (κ2) is 6.21. The van der Waals surface area contributed by atoms with Gasteiger partial charge >= 0.3 is 0 Å². The van der Waals surface area contributed by atoms with Gasteiger partial charge in [-0.2, -0.15) is 5.26 Å². The van der Waals surface area contributed by atoms with Crippen molar-refractivity contribution in [3.63, 3.8) is 0 Å². The van der Waals surface area contributed by atoms with Crippen molar-refractivity contribution in [1.82, 2.24) is 9.80 Å². The molecule has 4 heteroatoms. The number of nitriles is 1. The molecule has 1 atom stereocenters. The first-order valence-electron chi connectivity index (χ1n) is 7.52. The maximum atomic E-state index is 9.15. The zero-order valence-electron chi connectivity index (χ0n) is 12.6. The maximum absolute atomic E-state index is 9.15. The van der Waals surface area contributed by atoms with Crippen LogP contribution < -0.4 is 0 Å². The molecule has 0 aromatic rings. The van der Waals surface area contributed by atoms with Gasteiger partial charge in [-0.3, -0.25) is 4.90 Å². The topological polar surface area (TPSA) is 39.5 Å². The van der Waals surface area contributed by atoms with Gasteiger partial charge in [0.25, 0.3) is 0 Å². The zero-order chi connectivity index (χ0) is 13.9. The van der Waals surface area contributed by atoms with Crippen molar-refractivity contribution >= 4 is 0 Å². The molecule has 108 valence electrons. The molecule has 0 spiro atoms. The van der Waals surface area contributed by atoms with E-state index in [2.05, 4.69) is 36.6 Å². The lowest BCUT2D eigenvalue weighted by Crippen LogP contribution is -2.51. The predicted octanol–water partition coefficient (Wildman–Crippen LogP) is 1.72. The largest absolute Gasteiger partial charge is 0.374 e. The molecule has 0 aromatic heterocycles. The van der Waals surface area contributed by atoms with Crippen LogP contribution in [0.5, 0.6) is 0 Å². The Hall–Kier alpha value is -0.630. The molecule has 4 nitrogen and oxygen atoms in total. The molecule has 2 aliphatic heterocycles. The number of hydrogen-bond acceptors (Lipinski definition) is 4. The molecule has 0 saturated carbocycles. The molecule has 0 aliphatic carbocycles. The molecule has 2 rings (SSSR count). The summed E-state index contributed by atoms with van der Waals surface area (Å²) in [7, 11) is 0. The highest BCUT2D eigenvalue weighted by Gasteiger charge is 2.31. The van der Waals surface area contributed by atoms with Gasteiger partial charge in [0.2, 0.25) is 0 Å². The van der Waals surface area contributed by atoms with Crippen LogP contribution in [-0.2, 0) is 4.74 Å². The molecule has 1 unspecified atom stereocenters. The van der Waals surface area contributed by atoms with Gasteiger partial charge in [-0.1, -0.05) is 0 Å². The number of morpholine rings is 1. The minimum atomic E-state index is -0.103. The summed E-state index contributed by atoms with van der Waals surface area (Å²) < 4.78 is 5.89. The van der Waals surface area contributed by atoms with Crippen LogP contribution in [0.25, 0.3) is 0 Å². The summed E-state index contributed by atoms with van der Waals surface area (Å²) in [4.78, 5) is 4.96. The Morgan fingerprint density at radius 2 is 2.00 bits per heavy atom. The summed E-state index contributed by atoms with van der Waals surface area (Å²) >= 11 is 0. The summed E-state index contributed by atoms with van der Waals surface area (Å²) in [6.07, 6.45) is 2.32. The van der Waals surface area contributed by atoms with Gasteiger partial charge in [-0.05, 0) is 46.7 Å². The van der Waals surface area contributed by atoms with E-state index in [1.165, 1.54) is 0 Å². The van der Waals surface area contributed by atoms with Crippen molar-refractivity contribution in [2.45, 2.75) is 45.8 Å². The monoisotopic (exact) mass is 265 g/mol. The summed E-state index contributed by atoms with van der Waals surface area (Å²) in [6.45, 7) is 12.6. The Morgan fingerprint density at radius 1 is 1.32 bits per heavy atom. The van der Waals surface area contributed by atoms with Crippen molar-refractivity contribution in [1.29, 1.82) is 5.26 Å². The fourth-order valence-electron chi connectivity index (χ4n) is 2.95. The molecule has 0 aromatic carbocycles. The van der Waals surface area contributed by atoms with Crippen molar-refractivity contribution in [3.05, 3.63) is 0 Å². The van der Waals surface area contributed by atoms with E-state index in [0.717, 1.165) is 52.2 Å². The lowest BCUT2D eigenvalue weighted by molar-refractivity contribution is -0.0561. The van der Waals surface area contributed by atoms with E-state index in [-0.39, 0.29) is 5.41 Å². The lowest BCUT2D eigenvalue weighted by Gasteiger charge is -2.40. The first-order chi connectivity index (χ1) is 9.02. The van der Waals surface area contributed by atoms with Gasteiger partial charge < -0.3 is 9.64 Å². The molecular weight excluding hydrogens is 238 g/mol. The van der Waals surface area contributed by atoms with Crippen molar-refractivity contribution in [2.75, 3.05) is 39.3 Å². The second-order valence-corrected chi connectivity index (χ2v) is 6.55. The van der Waals surface area contributed by atoms with Crippen LogP contribution in [0.4, 0.5) is 0 Å². The summed E-state index contributed by atoms with van der Waals surface area (Å²) in [5.74, 6) is 0. The van der Waals surface area contributed by atoms with Gasteiger partial charge in [0.05, 0.1) is 24.2 Å². The Labute approximate surface area is 117 Å². The third kappa shape index (κ3) is 3.92. The van der Waals surface area contributed by atoms with E-state index in [0.29, 0.717) is 12.1 Å². The van der Waals surface area contributed by atoms with Crippen LogP contribution in [0.3, 0.4) is 0 Å². The van der Waals surface area contributed by atoms with E-state index in [4.69, 9.17) is 10.00 Å². The van der Waals surface area contributed by atoms with E-state index in [9.17, 15) is 0 Å². The lowest BCUT2D eigenvalue weighted by atomic mass is 9.82. The fourth-order valence-corrected chi connectivity index (χ4v) is 2.95. The molecule has 0 N–H and O–H groups in total. The van der Waals surface area contributed by atoms with Crippen LogP contribution in [0.15, 0.2) is 0 Å². The minimum Gasteiger partial charge on any atom is -0.374 e. The fraction of sp³-hybridized carbons (Fsp3) is 0.933. The van der Waals surface area contributed by atoms with Gasteiger partial charge in [-0.15, -0.1) is 0 Å². The number of rotatable bonds is 3. The third-order valence-electron chi connectivity index (χ3n) is 4.59. The van der Waals surface area contributed by atoms with Gasteiger partial charge in [0, 0.05) is 25.7 Å². The van der Waals surface area contributed by atoms with Crippen LogP contribution in [0.2, 0.25) is 0 Å². The average Bonchev–Trinajstić information content (AvgIpc) is 2.42. The molecule has 2 aliphatic rings. The highest BCUT2D eigenvalue weighted by atomic mass is 16.5. The van der Waals surface area contributed by atoms with Gasteiger partial charge in [-0.25, -0.2) is 0 Å². The minimum absolute atomic E-state index is 0.103. The van der Waals surface area contributed by atoms with E-state index < -0.39 is 0 Å². The number of ether oxygens (including phenoxy) is 1. The third-order valence-corrected chi connectivity index (χ3v) is 4.59. The zero-order valence-corrected chi connectivity index (χ0v) is 12.6. The number of hydrogen-bond donors (Lipinski definition) is 0. The highest BCUT2D eigenvalue weighted by molar-refractivity contribution is 4.99. The normalized spacial score (nSPS) is 29.3. The van der Waals surface area contributed by atoms with Crippen molar-refractivity contribution in [3.8, 4) is 6.07 Å². The Bertz CT molecular complexity index is 329. The standard InChI is InChI=1S/C15H27N3O/c1-13(2)18-8-9-19-14(11-18)10-17-6-4-15(3,12-16)5-7-17/h13-14H,4-11H2,1-3H3. The average molecular weight is 265 g/mol. The maximum Gasteiger partial charge on any atom is 0.0829 e. The smallest absolute Gasteiger partial charge is 0.0829 e. The number of piperidine rings is 1. The van der Waals surface area contributed by atoms with Crippen LogP contribution in [0, 0.1) is 16.7 Å². The van der Waals surface area contributed by atoms with Crippen LogP contribution >= 0.6 is 0 Å². The SMILES string of the molecule is CC(C)N1CCOC(CN2CCC(C)(C#N)CC2)C1. The van der Waals surface area contributed by atoms with Crippen molar-refractivity contribution in [2.24, 2.45) is 5.41 Å². The summed E-state index contributed by atoms with van der Waals surface area (Å²) in [5.41, 5.74) is -0.103. The Kier molecular flexibility index (Phi) is 4.83. The van der Waals surface area contributed by atoms with Crippen molar-refractivity contribution < 1.29 is 4.74 Å². The molecule has 19 heavy (non-hydrogen) atoms. The van der Waals surface area contributed by atoms with E-state index in [1.54, 1.807) is 0 Å². The number of likely N-dealkylation sites (tertiary alicyclic amines) is 1. The first kappa shape index (κ1) is 14.8. The first-order valence-corrected chi connectivity index (χ1v) is 7.52.